The van der Waals surface area contributed by atoms with Crippen LogP contribution in [-0.4, -0.2) is 62.0 Å². The first kappa shape index (κ1) is 13.7. The number of hydrogen-bond acceptors (Lipinski definition) is 3. The van der Waals surface area contributed by atoms with E-state index in [9.17, 15) is 4.79 Å². The van der Waals surface area contributed by atoms with Crippen molar-refractivity contribution < 1.29 is 4.79 Å². The van der Waals surface area contributed by atoms with Crippen molar-refractivity contribution in [2.75, 3.05) is 46.3 Å². The molecule has 1 amide bonds. The van der Waals surface area contributed by atoms with E-state index >= 15 is 0 Å². The van der Waals surface area contributed by atoms with Gasteiger partial charge in [0.1, 0.15) is 0 Å². The van der Waals surface area contributed by atoms with E-state index in [0.717, 1.165) is 45.7 Å². The van der Waals surface area contributed by atoms with Crippen molar-refractivity contribution in [3.8, 4) is 0 Å². The largest absolute Gasteiger partial charge is 0.340 e. The van der Waals surface area contributed by atoms with Gasteiger partial charge in [0, 0.05) is 32.6 Å². The van der Waals surface area contributed by atoms with Crippen LogP contribution in [0.2, 0.25) is 0 Å². The molecule has 2 rings (SSSR count). The maximum atomic E-state index is 11.9. The molecule has 2 saturated heterocycles. The van der Waals surface area contributed by atoms with Gasteiger partial charge in [-0.3, -0.25) is 4.79 Å². The predicted octanol–water partition coefficient (Wildman–Crippen LogP) is 0.182. The number of hydrogen-bond donors (Lipinski definition) is 1. The van der Waals surface area contributed by atoms with Crippen LogP contribution in [0, 0.1) is 5.92 Å². The Morgan fingerprint density at radius 2 is 2.00 bits per heavy atom. The number of nitrogens with zero attached hydrogens (tertiary/aromatic N) is 2. The molecule has 2 aliphatic rings. The summed E-state index contributed by atoms with van der Waals surface area (Å²) in [5, 5.41) is 3.31. The van der Waals surface area contributed by atoms with Crippen LogP contribution < -0.4 is 5.32 Å². The number of amides is 1. The molecule has 0 bridgehead atoms. The molecule has 0 radical (unpaired) electrons. The Morgan fingerprint density at radius 1 is 1.31 bits per heavy atom. The Bertz CT molecular complexity index is 223. The maximum absolute atomic E-state index is 11.9. The Kier molecular flexibility index (Phi) is 5.52. The molecule has 2 heterocycles. The second kappa shape index (κ2) is 6.42. The standard InChI is InChI=1S/C11H21N3O.ClH/c1-13-4-6-14(7-5-13)11(15)8-10-2-3-12-9-10;/h10,12H,2-9H2,1H3;1H. The summed E-state index contributed by atoms with van der Waals surface area (Å²) in [6.45, 7) is 5.98. The third kappa shape index (κ3) is 3.61. The lowest BCUT2D eigenvalue weighted by molar-refractivity contribution is -0.133. The maximum Gasteiger partial charge on any atom is 0.222 e. The van der Waals surface area contributed by atoms with Crippen molar-refractivity contribution in [2.45, 2.75) is 12.8 Å². The van der Waals surface area contributed by atoms with E-state index < -0.39 is 0 Å². The van der Waals surface area contributed by atoms with E-state index in [-0.39, 0.29) is 12.4 Å². The molecular formula is C11H22ClN3O. The van der Waals surface area contributed by atoms with Gasteiger partial charge in [0.25, 0.3) is 0 Å². The summed E-state index contributed by atoms with van der Waals surface area (Å²) in [7, 11) is 2.11. The van der Waals surface area contributed by atoms with E-state index in [1.165, 1.54) is 6.42 Å². The van der Waals surface area contributed by atoms with Crippen LogP contribution >= 0.6 is 12.4 Å². The first-order valence-electron chi connectivity index (χ1n) is 5.93. The average Bonchev–Trinajstić information content (AvgIpc) is 2.71. The molecule has 2 fully saturated rings. The molecule has 5 heteroatoms. The van der Waals surface area contributed by atoms with Gasteiger partial charge in [0.15, 0.2) is 0 Å². The molecule has 0 spiro atoms. The molecule has 1 atom stereocenters. The summed E-state index contributed by atoms with van der Waals surface area (Å²) in [5.74, 6) is 0.939. The summed E-state index contributed by atoms with van der Waals surface area (Å²) in [4.78, 5) is 16.2. The molecule has 2 aliphatic heterocycles. The highest BCUT2D eigenvalue weighted by atomic mass is 35.5. The van der Waals surface area contributed by atoms with Gasteiger partial charge in [-0.15, -0.1) is 12.4 Å². The van der Waals surface area contributed by atoms with Crippen LogP contribution in [0.15, 0.2) is 0 Å². The molecule has 1 N–H and O–H groups in total. The molecule has 94 valence electrons. The number of likely N-dealkylation sites (N-methyl/N-ethyl adjacent to an activating group) is 1. The van der Waals surface area contributed by atoms with E-state index in [4.69, 9.17) is 0 Å². The highest BCUT2D eigenvalue weighted by Gasteiger charge is 2.23. The quantitative estimate of drug-likeness (QED) is 0.757. The second-order valence-corrected chi connectivity index (χ2v) is 4.75. The van der Waals surface area contributed by atoms with E-state index in [2.05, 4.69) is 17.3 Å². The number of carbonyl (C=O) groups excluding carboxylic acids is 1. The average molecular weight is 248 g/mol. The monoisotopic (exact) mass is 247 g/mol. The highest BCUT2D eigenvalue weighted by molar-refractivity contribution is 5.85. The van der Waals surface area contributed by atoms with Crippen LogP contribution in [0.3, 0.4) is 0 Å². The van der Waals surface area contributed by atoms with Gasteiger partial charge >= 0.3 is 0 Å². The SMILES string of the molecule is CN1CCN(C(=O)CC2CCNC2)CC1.Cl. The lowest BCUT2D eigenvalue weighted by Gasteiger charge is -2.33. The van der Waals surface area contributed by atoms with Crippen molar-refractivity contribution in [1.29, 1.82) is 0 Å². The lowest BCUT2D eigenvalue weighted by atomic mass is 10.0. The Morgan fingerprint density at radius 3 is 2.56 bits per heavy atom. The van der Waals surface area contributed by atoms with Crippen LogP contribution in [0.25, 0.3) is 0 Å². The van der Waals surface area contributed by atoms with Gasteiger partial charge in [-0.05, 0) is 32.5 Å². The van der Waals surface area contributed by atoms with Gasteiger partial charge in [-0.25, -0.2) is 0 Å². The van der Waals surface area contributed by atoms with Crippen LogP contribution in [0.5, 0.6) is 0 Å². The predicted molar refractivity (Wildman–Crippen MR) is 66.9 cm³/mol. The molecule has 1 unspecified atom stereocenters. The van der Waals surface area contributed by atoms with Gasteiger partial charge in [-0.2, -0.15) is 0 Å². The van der Waals surface area contributed by atoms with E-state index in [1.807, 2.05) is 4.90 Å². The molecule has 0 aromatic heterocycles. The lowest BCUT2D eigenvalue weighted by Crippen LogP contribution is -2.47. The van der Waals surface area contributed by atoms with Gasteiger partial charge in [0.05, 0.1) is 0 Å². The van der Waals surface area contributed by atoms with Crippen molar-refractivity contribution >= 4 is 18.3 Å². The number of rotatable bonds is 2. The Balaban J connectivity index is 0.00000128. The summed E-state index contributed by atoms with van der Waals surface area (Å²) >= 11 is 0. The number of nitrogens with one attached hydrogen (secondary N) is 1. The smallest absolute Gasteiger partial charge is 0.222 e. The molecule has 16 heavy (non-hydrogen) atoms. The zero-order valence-corrected chi connectivity index (χ0v) is 10.8. The molecule has 0 aliphatic carbocycles. The van der Waals surface area contributed by atoms with Crippen molar-refractivity contribution in [3.05, 3.63) is 0 Å². The molecule has 0 saturated carbocycles. The topological polar surface area (TPSA) is 35.6 Å². The summed E-state index contributed by atoms with van der Waals surface area (Å²) in [6.07, 6.45) is 1.91. The Hall–Kier alpha value is -0.320. The fraction of sp³-hybridized carbons (Fsp3) is 0.909. The van der Waals surface area contributed by atoms with E-state index in [1.54, 1.807) is 0 Å². The zero-order chi connectivity index (χ0) is 10.7. The fourth-order valence-corrected chi connectivity index (χ4v) is 2.32. The molecule has 0 aromatic carbocycles. The van der Waals surface area contributed by atoms with Crippen LogP contribution in [0.1, 0.15) is 12.8 Å². The molecule has 4 nitrogen and oxygen atoms in total. The highest BCUT2D eigenvalue weighted by Crippen LogP contribution is 2.14. The summed E-state index contributed by atoms with van der Waals surface area (Å²) < 4.78 is 0. The minimum absolute atomic E-state index is 0. The van der Waals surface area contributed by atoms with Crippen LogP contribution in [-0.2, 0) is 4.79 Å². The van der Waals surface area contributed by atoms with Crippen molar-refractivity contribution in [2.24, 2.45) is 5.92 Å². The second-order valence-electron chi connectivity index (χ2n) is 4.75. The molecular weight excluding hydrogens is 226 g/mol. The third-order valence-corrected chi connectivity index (χ3v) is 3.48. The van der Waals surface area contributed by atoms with Crippen molar-refractivity contribution in [1.82, 2.24) is 15.1 Å². The van der Waals surface area contributed by atoms with Gasteiger partial charge in [0.2, 0.25) is 5.91 Å². The minimum Gasteiger partial charge on any atom is -0.340 e. The summed E-state index contributed by atoms with van der Waals surface area (Å²) in [6, 6.07) is 0. The molecule has 0 aromatic rings. The van der Waals surface area contributed by atoms with Crippen molar-refractivity contribution in [3.63, 3.8) is 0 Å². The fourth-order valence-electron chi connectivity index (χ4n) is 2.32. The van der Waals surface area contributed by atoms with E-state index in [0.29, 0.717) is 11.8 Å². The number of carbonyl (C=O) groups is 1. The van der Waals surface area contributed by atoms with Crippen LogP contribution in [0.4, 0.5) is 0 Å². The number of piperazine rings is 1. The first-order valence-corrected chi connectivity index (χ1v) is 5.93. The first-order chi connectivity index (χ1) is 7.25. The summed E-state index contributed by atoms with van der Waals surface area (Å²) in [5.41, 5.74) is 0. The van der Waals surface area contributed by atoms with Gasteiger partial charge < -0.3 is 15.1 Å². The van der Waals surface area contributed by atoms with Gasteiger partial charge in [-0.1, -0.05) is 0 Å². The third-order valence-electron chi connectivity index (χ3n) is 3.48. The number of halogens is 1. The normalized spacial score (nSPS) is 26.6. The zero-order valence-electron chi connectivity index (χ0n) is 9.95. The minimum atomic E-state index is 0. The Labute approximate surface area is 104 Å².